The van der Waals surface area contributed by atoms with Gasteiger partial charge in [0.1, 0.15) is 18.0 Å². The Labute approximate surface area is 141 Å². The third kappa shape index (κ3) is 6.64. The molecule has 1 aliphatic heterocycles. The van der Waals surface area contributed by atoms with Crippen LogP contribution in [-0.4, -0.2) is 72.6 Å². The van der Waals surface area contributed by atoms with E-state index < -0.39 is 10.7 Å². The normalized spacial score (nSPS) is 18.3. The van der Waals surface area contributed by atoms with E-state index in [1.807, 2.05) is 0 Å². The summed E-state index contributed by atoms with van der Waals surface area (Å²) in [6.07, 6.45) is 0.567. The van der Waals surface area contributed by atoms with Gasteiger partial charge in [-0.25, -0.2) is 9.37 Å². The molecule has 11 nitrogen and oxygen atoms in total. The van der Waals surface area contributed by atoms with Crippen molar-refractivity contribution in [1.82, 2.24) is 4.98 Å². The molecule has 2 N–H and O–H groups in total. The molecule has 140 valence electrons. The molecule has 12 heteroatoms. The number of nitrogens with zero attached hydrogens (tertiary/aromatic N) is 3. The van der Waals surface area contributed by atoms with Crippen molar-refractivity contribution in [2.24, 2.45) is 0 Å². The van der Waals surface area contributed by atoms with Crippen LogP contribution in [0.25, 0.3) is 0 Å². The van der Waals surface area contributed by atoms with Gasteiger partial charge < -0.3 is 24.6 Å². The quantitative estimate of drug-likeness (QED) is 0.436. The van der Waals surface area contributed by atoms with Crippen molar-refractivity contribution in [3.63, 3.8) is 0 Å². The molecule has 1 aliphatic rings. The molecule has 0 unspecified atom stereocenters. The lowest BCUT2D eigenvalue weighted by Crippen LogP contribution is -2.27. The van der Waals surface area contributed by atoms with E-state index in [1.54, 1.807) is 19.1 Å². The molecule has 0 aromatic carbocycles. The summed E-state index contributed by atoms with van der Waals surface area (Å²) >= 11 is 0. The van der Waals surface area contributed by atoms with E-state index in [4.69, 9.17) is 29.3 Å². The van der Waals surface area contributed by atoms with E-state index in [0.717, 1.165) is 12.3 Å². The number of aromatic nitrogens is 1. The first kappa shape index (κ1) is 22.1. The van der Waals surface area contributed by atoms with E-state index in [2.05, 4.69) is 4.98 Å². The Hall–Kier alpha value is -2.86. The standard InChI is InChI=1S/C11H14FN3O4.2CH2O2/c1-18-9-5-14(6-10(9)19-2)11-8(15(16)17)3-7(12)4-13-11;2*2-1-3/h3-4,9-10H,5-6H2,1-2H3;2*1H,(H,2,3)/t9-,10+;;. The molecule has 0 bridgehead atoms. The average Bonchev–Trinajstić information content (AvgIpc) is 2.99. The predicted molar refractivity (Wildman–Crippen MR) is 82.0 cm³/mol. The number of ether oxygens (including phenoxy) is 2. The van der Waals surface area contributed by atoms with Crippen molar-refractivity contribution >= 4 is 24.4 Å². The van der Waals surface area contributed by atoms with Crippen LogP contribution in [0.5, 0.6) is 0 Å². The molecule has 2 atom stereocenters. The Kier molecular flexibility index (Phi) is 10.3. The molecule has 1 fully saturated rings. The van der Waals surface area contributed by atoms with Gasteiger partial charge in [-0.1, -0.05) is 0 Å². The summed E-state index contributed by atoms with van der Waals surface area (Å²) in [5, 5.41) is 24.7. The molecule has 2 heterocycles. The average molecular weight is 363 g/mol. The van der Waals surface area contributed by atoms with Crippen LogP contribution in [0, 0.1) is 15.9 Å². The monoisotopic (exact) mass is 363 g/mol. The molecule has 1 aromatic heterocycles. The zero-order valence-electron chi connectivity index (χ0n) is 13.4. The number of pyridine rings is 1. The van der Waals surface area contributed by atoms with Gasteiger partial charge in [0.25, 0.3) is 12.9 Å². The lowest BCUT2D eigenvalue weighted by atomic mass is 10.3. The molecule has 25 heavy (non-hydrogen) atoms. The van der Waals surface area contributed by atoms with E-state index in [0.29, 0.717) is 13.1 Å². The molecule has 0 radical (unpaired) electrons. The van der Waals surface area contributed by atoms with Crippen LogP contribution in [0.2, 0.25) is 0 Å². The zero-order chi connectivity index (χ0) is 19.4. The van der Waals surface area contributed by atoms with Crippen molar-refractivity contribution < 1.29 is 38.6 Å². The van der Waals surface area contributed by atoms with Gasteiger partial charge in [-0.2, -0.15) is 0 Å². The van der Waals surface area contributed by atoms with Gasteiger partial charge in [-0.05, 0) is 0 Å². The molecule has 2 rings (SSSR count). The third-order valence-electron chi connectivity index (χ3n) is 3.13. The summed E-state index contributed by atoms with van der Waals surface area (Å²) in [5.74, 6) is -0.603. The lowest BCUT2D eigenvalue weighted by molar-refractivity contribution is -0.384. The maximum atomic E-state index is 13.0. The highest BCUT2D eigenvalue weighted by molar-refractivity contribution is 5.58. The summed E-state index contributed by atoms with van der Waals surface area (Å²) in [6, 6.07) is 0.865. The second kappa shape index (κ2) is 11.6. The largest absolute Gasteiger partial charge is 0.483 e. The fraction of sp³-hybridized carbons (Fsp3) is 0.462. The SMILES string of the molecule is CO[C@H]1CN(c2ncc(F)cc2[N+](=O)[O-])C[C@H]1OC.O=CO.O=CO. The smallest absolute Gasteiger partial charge is 0.314 e. The number of nitro groups is 1. The maximum Gasteiger partial charge on any atom is 0.314 e. The predicted octanol–water partition coefficient (Wildman–Crippen LogP) is 0.380. The van der Waals surface area contributed by atoms with Crippen LogP contribution in [0.15, 0.2) is 12.3 Å². The van der Waals surface area contributed by atoms with Crippen LogP contribution in [0.1, 0.15) is 0 Å². The number of hydrogen-bond acceptors (Lipinski definition) is 8. The highest BCUT2D eigenvalue weighted by Gasteiger charge is 2.36. The Balaban J connectivity index is 0.000000844. The third-order valence-corrected chi connectivity index (χ3v) is 3.13. The number of halogens is 1. The first-order valence-corrected chi connectivity index (χ1v) is 6.66. The number of rotatable bonds is 4. The summed E-state index contributed by atoms with van der Waals surface area (Å²) in [7, 11) is 3.10. The van der Waals surface area contributed by atoms with E-state index in [9.17, 15) is 14.5 Å². The zero-order valence-corrected chi connectivity index (χ0v) is 13.4. The number of carbonyl (C=O) groups is 2. The summed E-state index contributed by atoms with van der Waals surface area (Å²) in [4.78, 5) is 32.5. The summed E-state index contributed by atoms with van der Waals surface area (Å²) in [5.41, 5.74) is -0.355. The minimum absolute atomic E-state index is 0.132. The summed E-state index contributed by atoms with van der Waals surface area (Å²) in [6.45, 7) is 0.322. The molecule has 1 aromatic rings. The number of carboxylic acid groups (broad SMARTS) is 2. The van der Waals surface area contributed by atoms with Gasteiger partial charge in [0.05, 0.1) is 17.2 Å². The van der Waals surface area contributed by atoms with E-state index in [1.165, 1.54) is 0 Å². The van der Waals surface area contributed by atoms with Crippen molar-refractivity contribution in [2.45, 2.75) is 12.2 Å². The van der Waals surface area contributed by atoms with Crippen molar-refractivity contribution in [3.05, 3.63) is 28.2 Å². The fourth-order valence-electron chi connectivity index (χ4n) is 2.17. The topological polar surface area (TPSA) is 152 Å². The van der Waals surface area contributed by atoms with Gasteiger partial charge in [-0.15, -0.1) is 0 Å². The van der Waals surface area contributed by atoms with Crippen LogP contribution >= 0.6 is 0 Å². The molecule has 0 amide bonds. The van der Waals surface area contributed by atoms with Gasteiger partial charge in [0.15, 0.2) is 0 Å². The highest BCUT2D eigenvalue weighted by atomic mass is 19.1. The van der Waals surface area contributed by atoms with Crippen molar-refractivity contribution in [1.29, 1.82) is 0 Å². The Bertz CT molecular complexity index is 556. The minimum atomic E-state index is -0.735. The van der Waals surface area contributed by atoms with Gasteiger partial charge >= 0.3 is 5.69 Å². The molecular weight excluding hydrogens is 345 g/mol. The maximum absolute atomic E-state index is 13.0. The van der Waals surface area contributed by atoms with Gasteiger partial charge in [0, 0.05) is 27.3 Å². The molecule has 0 saturated carbocycles. The molecular formula is C13H18FN3O8. The van der Waals surface area contributed by atoms with Crippen LogP contribution < -0.4 is 4.90 Å². The Morgan fingerprint density at radius 3 is 2.08 bits per heavy atom. The van der Waals surface area contributed by atoms with Crippen LogP contribution in [-0.2, 0) is 19.1 Å². The van der Waals surface area contributed by atoms with E-state index >= 15 is 0 Å². The second-order valence-electron chi connectivity index (χ2n) is 4.42. The Morgan fingerprint density at radius 1 is 1.28 bits per heavy atom. The second-order valence-corrected chi connectivity index (χ2v) is 4.42. The molecule has 1 saturated heterocycles. The minimum Gasteiger partial charge on any atom is -0.483 e. The lowest BCUT2D eigenvalue weighted by Gasteiger charge is -2.16. The molecule has 0 spiro atoms. The summed E-state index contributed by atoms with van der Waals surface area (Å²) < 4.78 is 23.5. The fourth-order valence-corrected chi connectivity index (χ4v) is 2.17. The number of methoxy groups -OCH3 is 2. The van der Waals surface area contributed by atoms with Crippen LogP contribution in [0.3, 0.4) is 0 Å². The van der Waals surface area contributed by atoms with Crippen molar-refractivity contribution in [3.8, 4) is 0 Å². The first-order valence-electron chi connectivity index (χ1n) is 6.66. The first-order chi connectivity index (χ1) is 11.9. The number of anilines is 1. The molecule has 0 aliphatic carbocycles. The Morgan fingerprint density at radius 2 is 1.72 bits per heavy atom. The highest BCUT2D eigenvalue weighted by Crippen LogP contribution is 2.30. The van der Waals surface area contributed by atoms with Gasteiger partial charge in [-0.3, -0.25) is 19.7 Å². The van der Waals surface area contributed by atoms with E-state index in [-0.39, 0.29) is 36.7 Å². The van der Waals surface area contributed by atoms with Gasteiger partial charge in [0.2, 0.25) is 5.82 Å². The van der Waals surface area contributed by atoms with Crippen molar-refractivity contribution in [2.75, 3.05) is 32.2 Å². The number of hydrogen-bond donors (Lipinski definition) is 2. The van der Waals surface area contributed by atoms with Crippen LogP contribution in [0.4, 0.5) is 15.9 Å².